The van der Waals surface area contributed by atoms with E-state index in [0.29, 0.717) is 11.4 Å². The molecule has 0 aromatic carbocycles. The van der Waals surface area contributed by atoms with Gasteiger partial charge in [0.2, 0.25) is 0 Å². The van der Waals surface area contributed by atoms with E-state index in [-0.39, 0.29) is 6.54 Å². The van der Waals surface area contributed by atoms with Crippen LogP contribution < -0.4 is 5.32 Å². The average Bonchev–Trinajstić information content (AvgIpc) is 2.70. The number of carbonyl (C=O) groups is 1. The molecule has 0 radical (unpaired) electrons. The van der Waals surface area contributed by atoms with E-state index in [1.807, 2.05) is 0 Å². The van der Waals surface area contributed by atoms with Crippen molar-refractivity contribution >= 4 is 17.3 Å². The minimum absolute atomic E-state index is 0.221. The first-order valence-electron chi connectivity index (χ1n) is 4.11. The standard InChI is InChI=1S/C7H9N5O2S/c8-12-11-2-1-10-6(7(13)14)5-3-9-4-15-5/h3-4,6,10H,1-2H2,(H,13,14). The van der Waals surface area contributed by atoms with E-state index in [2.05, 4.69) is 20.3 Å². The van der Waals surface area contributed by atoms with Crippen LogP contribution in [-0.2, 0) is 4.79 Å². The van der Waals surface area contributed by atoms with Crippen LogP contribution in [0.1, 0.15) is 10.9 Å². The molecule has 0 spiro atoms. The fourth-order valence-corrected chi connectivity index (χ4v) is 1.67. The van der Waals surface area contributed by atoms with E-state index >= 15 is 0 Å². The summed E-state index contributed by atoms with van der Waals surface area (Å²) in [5.74, 6) is -0.972. The topological polar surface area (TPSA) is 111 Å². The van der Waals surface area contributed by atoms with Crippen LogP contribution in [0.3, 0.4) is 0 Å². The van der Waals surface area contributed by atoms with Crippen molar-refractivity contribution in [2.24, 2.45) is 5.11 Å². The zero-order valence-corrected chi connectivity index (χ0v) is 8.52. The molecule has 1 aromatic rings. The molecule has 7 nitrogen and oxygen atoms in total. The predicted octanol–water partition coefficient (Wildman–Crippen LogP) is 1.17. The molecule has 1 unspecified atom stereocenters. The summed E-state index contributed by atoms with van der Waals surface area (Å²) in [5.41, 5.74) is 9.60. The van der Waals surface area contributed by atoms with Gasteiger partial charge in [-0.05, 0) is 5.53 Å². The summed E-state index contributed by atoms with van der Waals surface area (Å²) in [7, 11) is 0. The Labute approximate surface area is 89.4 Å². The second-order valence-electron chi connectivity index (χ2n) is 2.58. The molecule has 1 heterocycles. The highest BCUT2D eigenvalue weighted by atomic mass is 32.1. The number of hydrogen-bond acceptors (Lipinski definition) is 5. The summed E-state index contributed by atoms with van der Waals surface area (Å²) in [4.78, 5) is 17.9. The van der Waals surface area contributed by atoms with Crippen LogP contribution >= 0.6 is 11.3 Å². The third-order valence-electron chi connectivity index (χ3n) is 1.61. The van der Waals surface area contributed by atoms with Crippen molar-refractivity contribution in [1.29, 1.82) is 0 Å². The summed E-state index contributed by atoms with van der Waals surface area (Å²) < 4.78 is 0. The summed E-state index contributed by atoms with van der Waals surface area (Å²) in [6, 6.07) is -0.786. The molecule has 2 N–H and O–H groups in total. The number of carboxylic acid groups (broad SMARTS) is 1. The van der Waals surface area contributed by atoms with Gasteiger partial charge >= 0.3 is 5.97 Å². The lowest BCUT2D eigenvalue weighted by molar-refractivity contribution is -0.139. The second-order valence-corrected chi connectivity index (χ2v) is 3.50. The number of carboxylic acids is 1. The van der Waals surface area contributed by atoms with Crippen LogP contribution in [0.25, 0.3) is 10.4 Å². The highest BCUT2D eigenvalue weighted by molar-refractivity contribution is 7.09. The SMILES string of the molecule is [N-]=[N+]=NCCNC(C(=O)O)c1cncs1. The van der Waals surface area contributed by atoms with Gasteiger partial charge in [-0.3, -0.25) is 15.1 Å². The molecule has 15 heavy (non-hydrogen) atoms. The highest BCUT2D eigenvalue weighted by Gasteiger charge is 2.19. The van der Waals surface area contributed by atoms with Crippen molar-refractivity contribution < 1.29 is 9.90 Å². The molecule has 0 aliphatic heterocycles. The third kappa shape index (κ3) is 3.55. The maximum Gasteiger partial charge on any atom is 0.326 e. The van der Waals surface area contributed by atoms with Crippen molar-refractivity contribution in [3.63, 3.8) is 0 Å². The fourth-order valence-electron chi connectivity index (χ4n) is 0.981. The molecule has 0 saturated heterocycles. The number of nitrogens with one attached hydrogen (secondary N) is 1. The Bertz CT molecular complexity index is 359. The van der Waals surface area contributed by atoms with Crippen LogP contribution in [0.15, 0.2) is 16.8 Å². The van der Waals surface area contributed by atoms with Crippen LogP contribution in [-0.4, -0.2) is 29.1 Å². The Hall–Kier alpha value is -1.63. The van der Waals surface area contributed by atoms with Crippen molar-refractivity contribution in [1.82, 2.24) is 10.3 Å². The van der Waals surface area contributed by atoms with Gasteiger partial charge in [-0.2, -0.15) is 0 Å². The summed E-state index contributed by atoms with van der Waals surface area (Å²) in [6.07, 6.45) is 1.50. The number of rotatable bonds is 6. The zero-order valence-electron chi connectivity index (χ0n) is 7.70. The lowest BCUT2D eigenvalue weighted by atomic mass is 10.2. The van der Waals surface area contributed by atoms with Gasteiger partial charge in [0.1, 0.15) is 6.04 Å². The first-order chi connectivity index (χ1) is 7.25. The van der Waals surface area contributed by atoms with E-state index in [0.717, 1.165) is 0 Å². The lowest BCUT2D eigenvalue weighted by Crippen LogP contribution is -2.29. The molecule has 1 atom stereocenters. The monoisotopic (exact) mass is 227 g/mol. The van der Waals surface area contributed by atoms with Crippen LogP contribution in [0.2, 0.25) is 0 Å². The van der Waals surface area contributed by atoms with E-state index in [4.69, 9.17) is 10.6 Å². The first-order valence-corrected chi connectivity index (χ1v) is 4.99. The quantitative estimate of drug-likeness (QED) is 0.329. The molecule has 0 amide bonds. The van der Waals surface area contributed by atoms with E-state index in [1.54, 1.807) is 5.51 Å². The minimum Gasteiger partial charge on any atom is -0.480 e. The Morgan fingerprint density at radius 3 is 3.20 bits per heavy atom. The Balaban J connectivity index is 2.52. The van der Waals surface area contributed by atoms with Gasteiger partial charge in [0.25, 0.3) is 0 Å². The predicted molar refractivity (Wildman–Crippen MR) is 54.5 cm³/mol. The Morgan fingerprint density at radius 1 is 1.87 bits per heavy atom. The Morgan fingerprint density at radius 2 is 2.67 bits per heavy atom. The van der Waals surface area contributed by atoms with Gasteiger partial charge in [0.05, 0.1) is 10.4 Å². The molecule has 8 heteroatoms. The summed E-state index contributed by atoms with van der Waals surface area (Å²) >= 11 is 1.27. The number of aromatic nitrogens is 1. The largest absolute Gasteiger partial charge is 0.480 e. The Kier molecular flexibility index (Phi) is 4.55. The van der Waals surface area contributed by atoms with Gasteiger partial charge in [-0.25, -0.2) is 0 Å². The lowest BCUT2D eigenvalue weighted by Gasteiger charge is -2.10. The highest BCUT2D eigenvalue weighted by Crippen LogP contribution is 2.16. The molecule has 1 rings (SSSR count). The third-order valence-corrected chi connectivity index (χ3v) is 2.45. The molecule has 0 aliphatic rings. The maximum absolute atomic E-state index is 10.9. The molecular weight excluding hydrogens is 218 g/mol. The van der Waals surface area contributed by atoms with Crippen molar-refractivity contribution in [2.45, 2.75) is 6.04 Å². The number of nitrogens with zero attached hydrogens (tertiary/aromatic N) is 4. The summed E-state index contributed by atoms with van der Waals surface area (Å²) in [6.45, 7) is 0.540. The minimum atomic E-state index is -0.972. The van der Waals surface area contributed by atoms with Gasteiger partial charge in [-0.15, -0.1) is 11.3 Å². The number of thiazole rings is 1. The van der Waals surface area contributed by atoms with Gasteiger partial charge < -0.3 is 5.11 Å². The van der Waals surface area contributed by atoms with E-state index in [9.17, 15) is 4.79 Å². The molecule has 0 bridgehead atoms. The van der Waals surface area contributed by atoms with Crippen LogP contribution in [0.5, 0.6) is 0 Å². The fraction of sp³-hybridized carbons (Fsp3) is 0.429. The number of aliphatic carboxylic acids is 1. The normalized spacial score (nSPS) is 11.7. The van der Waals surface area contributed by atoms with E-state index < -0.39 is 12.0 Å². The van der Waals surface area contributed by atoms with Crippen LogP contribution in [0.4, 0.5) is 0 Å². The molecule has 1 aromatic heterocycles. The number of azide groups is 1. The second kappa shape index (κ2) is 5.97. The van der Waals surface area contributed by atoms with Crippen molar-refractivity contribution in [2.75, 3.05) is 13.1 Å². The average molecular weight is 227 g/mol. The molecule has 80 valence electrons. The maximum atomic E-state index is 10.9. The van der Waals surface area contributed by atoms with Gasteiger partial charge in [-0.1, -0.05) is 5.11 Å². The number of hydrogen-bond donors (Lipinski definition) is 2. The first kappa shape index (κ1) is 11.4. The smallest absolute Gasteiger partial charge is 0.326 e. The van der Waals surface area contributed by atoms with Gasteiger partial charge in [0.15, 0.2) is 0 Å². The van der Waals surface area contributed by atoms with Crippen LogP contribution in [0, 0.1) is 0 Å². The van der Waals surface area contributed by atoms with Gasteiger partial charge in [0, 0.05) is 24.2 Å². The van der Waals surface area contributed by atoms with E-state index in [1.165, 1.54) is 17.5 Å². The molecule has 0 fully saturated rings. The molecular formula is C7H9N5O2S. The van der Waals surface area contributed by atoms with Crippen molar-refractivity contribution in [3.8, 4) is 0 Å². The molecule has 0 aliphatic carbocycles. The zero-order chi connectivity index (χ0) is 11.1. The van der Waals surface area contributed by atoms with Crippen molar-refractivity contribution in [3.05, 3.63) is 27.0 Å². The molecule has 0 saturated carbocycles. The summed E-state index contributed by atoms with van der Waals surface area (Å²) in [5, 5.41) is 15.0.